The average Bonchev–Trinajstić information content (AvgIpc) is 3.23. The third-order valence-electron chi connectivity index (χ3n) is 4.54. The van der Waals surface area contributed by atoms with Crippen LogP contribution in [-0.4, -0.2) is 32.6 Å². The van der Waals surface area contributed by atoms with E-state index in [1.54, 1.807) is 12.1 Å². The highest BCUT2D eigenvalue weighted by atomic mass is 32.2. The van der Waals surface area contributed by atoms with Gasteiger partial charge in [-0.3, -0.25) is 9.36 Å². The molecule has 0 saturated heterocycles. The lowest BCUT2D eigenvalue weighted by atomic mass is 10.1. The summed E-state index contributed by atoms with van der Waals surface area (Å²) in [7, 11) is 0. The van der Waals surface area contributed by atoms with Crippen LogP contribution in [0.5, 0.6) is 0 Å². The molecule has 0 saturated carbocycles. The van der Waals surface area contributed by atoms with E-state index < -0.39 is 0 Å². The van der Waals surface area contributed by atoms with Crippen molar-refractivity contribution < 1.29 is 9.18 Å². The Balaban J connectivity index is 1.49. The van der Waals surface area contributed by atoms with Crippen LogP contribution in [0.1, 0.15) is 11.1 Å². The maximum atomic E-state index is 13.2. The number of halogens is 1. The number of aromatic nitrogens is 3. The van der Waals surface area contributed by atoms with E-state index in [0.29, 0.717) is 16.5 Å². The normalized spacial score (nSPS) is 11.1. The summed E-state index contributed by atoms with van der Waals surface area (Å²) in [5, 5.41) is 13.2. The maximum absolute atomic E-state index is 13.2. The smallest absolute Gasteiger partial charge is 0.250 e. The van der Waals surface area contributed by atoms with E-state index in [9.17, 15) is 9.18 Å². The van der Waals surface area contributed by atoms with E-state index >= 15 is 0 Å². The number of rotatable bonds is 7. The summed E-state index contributed by atoms with van der Waals surface area (Å²) >= 11 is 1.26. The number of hydrazone groups is 1. The molecule has 0 fully saturated rings. The van der Waals surface area contributed by atoms with Crippen LogP contribution >= 0.6 is 11.8 Å². The third kappa shape index (κ3) is 5.28. The van der Waals surface area contributed by atoms with Gasteiger partial charge in [0.15, 0.2) is 11.0 Å². The van der Waals surface area contributed by atoms with Crippen molar-refractivity contribution in [1.82, 2.24) is 20.2 Å². The molecule has 0 unspecified atom stereocenters. The van der Waals surface area contributed by atoms with Gasteiger partial charge >= 0.3 is 0 Å². The van der Waals surface area contributed by atoms with E-state index in [1.165, 1.54) is 30.1 Å². The zero-order valence-electron chi connectivity index (χ0n) is 17.3. The number of thioether (sulfide) groups is 1. The lowest BCUT2D eigenvalue weighted by Gasteiger charge is -2.10. The monoisotopic (exact) mass is 445 g/mol. The Morgan fingerprint density at radius 3 is 2.59 bits per heavy atom. The van der Waals surface area contributed by atoms with Crippen LogP contribution in [0.2, 0.25) is 0 Å². The van der Waals surface area contributed by atoms with E-state index in [-0.39, 0.29) is 17.5 Å². The highest BCUT2D eigenvalue weighted by Gasteiger charge is 2.17. The van der Waals surface area contributed by atoms with Gasteiger partial charge in [-0.1, -0.05) is 71.9 Å². The van der Waals surface area contributed by atoms with Gasteiger partial charge in [0.1, 0.15) is 5.82 Å². The number of nitrogens with zero attached hydrogens (tertiary/aromatic N) is 4. The van der Waals surface area contributed by atoms with Crippen LogP contribution in [-0.2, 0) is 4.79 Å². The van der Waals surface area contributed by atoms with E-state index in [1.807, 2.05) is 66.1 Å². The summed E-state index contributed by atoms with van der Waals surface area (Å²) in [5.74, 6) is 0.130. The Hall–Kier alpha value is -3.78. The van der Waals surface area contributed by atoms with Gasteiger partial charge in [0.25, 0.3) is 5.91 Å². The summed E-state index contributed by atoms with van der Waals surface area (Å²) in [6, 6.07) is 23.8. The van der Waals surface area contributed by atoms with E-state index in [2.05, 4.69) is 20.7 Å². The number of aryl methyl sites for hydroxylation is 1. The van der Waals surface area contributed by atoms with Gasteiger partial charge in [0, 0.05) is 11.3 Å². The Labute approximate surface area is 189 Å². The van der Waals surface area contributed by atoms with Crippen LogP contribution < -0.4 is 5.43 Å². The number of carbonyl (C=O) groups excluding carboxylic acids is 1. The highest BCUT2D eigenvalue weighted by molar-refractivity contribution is 7.99. The van der Waals surface area contributed by atoms with Gasteiger partial charge in [-0.05, 0) is 36.8 Å². The van der Waals surface area contributed by atoms with Crippen molar-refractivity contribution in [1.29, 1.82) is 0 Å². The predicted molar refractivity (Wildman–Crippen MR) is 124 cm³/mol. The minimum absolute atomic E-state index is 0.0966. The fraction of sp³-hybridized carbons (Fsp3) is 0.0833. The number of para-hydroxylation sites is 1. The molecule has 3 aromatic carbocycles. The van der Waals surface area contributed by atoms with Crippen molar-refractivity contribution in [3.63, 3.8) is 0 Å². The molecule has 0 spiro atoms. The molecule has 1 aromatic heterocycles. The largest absolute Gasteiger partial charge is 0.272 e. The second-order valence-corrected chi connectivity index (χ2v) is 7.92. The summed E-state index contributed by atoms with van der Waals surface area (Å²) < 4.78 is 15.1. The zero-order chi connectivity index (χ0) is 22.3. The number of nitrogens with one attached hydrogen (secondary N) is 1. The molecule has 4 rings (SSSR count). The van der Waals surface area contributed by atoms with Gasteiger partial charge in [-0.25, -0.2) is 9.82 Å². The van der Waals surface area contributed by atoms with E-state index in [0.717, 1.165) is 16.8 Å². The van der Waals surface area contributed by atoms with Crippen molar-refractivity contribution in [3.8, 4) is 17.1 Å². The predicted octanol–water partition coefficient (Wildman–Crippen LogP) is 4.62. The van der Waals surface area contributed by atoms with Crippen LogP contribution in [0.25, 0.3) is 17.1 Å². The molecule has 160 valence electrons. The number of hydrogen-bond donors (Lipinski definition) is 1. The lowest BCUT2D eigenvalue weighted by Crippen LogP contribution is -2.20. The molecule has 6 nitrogen and oxygen atoms in total. The summed E-state index contributed by atoms with van der Waals surface area (Å²) in [5.41, 5.74) is 6.01. The van der Waals surface area contributed by atoms with Crippen LogP contribution in [0, 0.1) is 12.7 Å². The fourth-order valence-corrected chi connectivity index (χ4v) is 3.74. The topological polar surface area (TPSA) is 72.2 Å². The lowest BCUT2D eigenvalue weighted by molar-refractivity contribution is -0.118. The first-order valence-corrected chi connectivity index (χ1v) is 10.9. The van der Waals surface area contributed by atoms with Crippen molar-refractivity contribution >= 4 is 23.9 Å². The zero-order valence-corrected chi connectivity index (χ0v) is 18.1. The molecule has 1 heterocycles. The molecule has 0 radical (unpaired) electrons. The van der Waals surface area contributed by atoms with Crippen molar-refractivity contribution in [2.45, 2.75) is 12.1 Å². The van der Waals surface area contributed by atoms with Gasteiger partial charge < -0.3 is 0 Å². The molecule has 0 atom stereocenters. The van der Waals surface area contributed by atoms with Crippen molar-refractivity contribution in [2.75, 3.05) is 5.75 Å². The van der Waals surface area contributed by atoms with Crippen LogP contribution in [0.4, 0.5) is 4.39 Å². The van der Waals surface area contributed by atoms with Crippen LogP contribution in [0.15, 0.2) is 89.1 Å². The maximum Gasteiger partial charge on any atom is 0.250 e. The van der Waals surface area contributed by atoms with Gasteiger partial charge in [-0.2, -0.15) is 5.10 Å². The van der Waals surface area contributed by atoms with Crippen molar-refractivity contribution in [2.24, 2.45) is 5.10 Å². The van der Waals surface area contributed by atoms with Crippen molar-refractivity contribution in [3.05, 3.63) is 95.8 Å². The quantitative estimate of drug-likeness (QED) is 0.256. The SMILES string of the molecule is Cc1ccc(-c2nnc(SCC(=O)NN=Cc3cccc(F)c3)n2-c2ccccc2)cc1. The van der Waals surface area contributed by atoms with Gasteiger partial charge in [0.2, 0.25) is 0 Å². The summed E-state index contributed by atoms with van der Waals surface area (Å²) in [6.45, 7) is 2.03. The minimum Gasteiger partial charge on any atom is -0.272 e. The Morgan fingerprint density at radius 2 is 1.84 bits per heavy atom. The summed E-state index contributed by atoms with van der Waals surface area (Å²) in [4.78, 5) is 12.3. The van der Waals surface area contributed by atoms with Crippen LogP contribution in [0.3, 0.4) is 0 Å². The second kappa shape index (κ2) is 10.0. The molecule has 32 heavy (non-hydrogen) atoms. The molecule has 1 amide bonds. The molecule has 0 aliphatic carbocycles. The third-order valence-corrected chi connectivity index (χ3v) is 5.47. The summed E-state index contributed by atoms with van der Waals surface area (Å²) in [6.07, 6.45) is 1.40. The fourth-order valence-electron chi connectivity index (χ4n) is 2.99. The first kappa shape index (κ1) is 21.5. The first-order chi connectivity index (χ1) is 15.6. The first-order valence-electron chi connectivity index (χ1n) is 9.88. The van der Waals surface area contributed by atoms with Gasteiger partial charge in [0.05, 0.1) is 12.0 Å². The highest BCUT2D eigenvalue weighted by Crippen LogP contribution is 2.28. The number of hydrogen-bond acceptors (Lipinski definition) is 5. The molecule has 1 N–H and O–H groups in total. The Bertz CT molecular complexity index is 1240. The molecule has 0 aliphatic heterocycles. The Morgan fingerprint density at radius 1 is 1.06 bits per heavy atom. The molecular weight excluding hydrogens is 425 g/mol. The molecule has 0 aliphatic rings. The molecule has 8 heteroatoms. The molecule has 4 aromatic rings. The Kier molecular flexibility index (Phi) is 6.72. The second-order valence-electron chi connectivity index (χ2n) is 6.98. The molecule has 0 bridgehead atoms. The number of amides is 1. The van der Waals surface area contributed by atoms with E-state index in [4.69, 9.17) is 0 Å². The standard InChI is InChI=1S/C24H20FN5OS/c1-17-10-12-19(13-11-17)23-28-29-24(30(23)21-8-3-2-4-9-21)32-16-22(31)27-26-15-18-6-5-7-20(25)14-18/h2-15H,16H2,1H3,(H,27,31). The number of benzene rings is 3. The average molecular weight is 446 g/mol. The minimum atomic E-state index is -0.361. The van der Waals surface area contributed by atoms with Gasteiger partial charge in [-0.15, -0.1) is 10.2 Å². The number of carbonyl (C=O) groups is 1. The molecular formula is C24H20FN5OS.